The predicted molar refractivity (Wildman–Crippen MR) is 108 cm³/mol. The molecule has 29 heavy (non-hydrogen) atoms. The second kappa shape index (κ2) is 10.8. The molecule has 0 heterocycles. The minimum absolute atomic E-state index is 0.0483. The van der Waals surface area contributed by atoms with Crippen molar-refractivity contribution in [1.29, 1.82) is 0 Å². The predicted octanol–water partition coefficient (Wildman–Crippen LogP) is 4.43. The van der Waals surface area contributed by atoms with Gasteiger partial charge in [0.25, 0.3) is 13.1 Å². The van der Waals surface area contributed by atoms with Gasteiger partial charge in [-0.15, -0.1) is 11.6 Å². The Labute approximate surface area is 172 Å². The highest BCUT2D eigenvalue weighted by atomic mass is 35.5. The summed E-state index contributed by atoms with van der Waals surface area (Å²) in [6.07, 6.45) is 0. The average Bonchev–Trinajstić information content (AvgIpc) is 2.73. The molecule has 0 unspecified atom stereocenters. The highest BCUT2D eigenvalue weighted by Gasteiger charge is 2.43. The summed E-state index contributed by atoms with van der Waals surface area (Å²) in [4.78, 5) is 22.7. The van der Waals surface area contributed by atoms with Crippen molar-refractivity contribution >= 4 is 41.6 Å². The first-order valence-electron chi connectivity index (χ1n) is 8.60. The molecular formula is C18H19ClN3O6P. The summed E-state index contributed by atoms with van der Waals surface area (Å²) in [5, 5.41) is 18.9. The van der Waals surface area contributed by atoms with Crippen molar-refractivity contribution in [3.8, 4) is 0 Å². The number of benzene rings is 2. The smallest absolute Gasteiger partial charge is 0.343 e. The Morgan fingerprint density at radius 2 is 1.86 bits per heavy atom. The number of rotatable bonds is 10. The fourth-order valence-corrected chi connectivity index (χ4v) is 4.57. The van der Waals surface area contributed by atoms with Crippen molar-refractivity contribution in [3.63, 3.8) is 0 Å². The van der Waals surface area contributed by atoms with Crippen molar-refractivity contribution in [2.24, 2.45) is 10.2 Å². The molecule has 0 bridgehead atoms. The van der Waals surface area contributed by atoms with Crippen LogP contribution >= 0.6 is 19.0 Å². The molecule has 0 aliphatic rings. The molecule has 0 amide bonds. The fourth-order valence-electron chi connectivity index (χ4n) is 2.33. The van der Waals surface area contributed by atoms with Gasteiger partial charge >= 0.3 is 5.97 Å². The normalized spacial score (nSPS) is 14.3. The lowest BCUT2D eigenvalue weighted by Crippen LogP contribution is -2.28. The zero-order chi connectivity index (χ0) is 21.3. The Kier molecular flexibility index (Phi) is 8.45. The summed E-state index contributed by atoms with van der Waals surface area (Å²) in [6, 6.07) is 13.4. The Morgan fingerprint density at radius 1 is 1.21 bits per heavy atom. The second-order valence-electron chi connectivity index (χ2n) is 5.57. The molecule has 0 aromatic heterocycles. The van der Waals surface area contributed by atoms with Gasteiger partial charge in [0.05, 0.1) is 23.8 Å². The molecule has 0 spiro atoms. The molecule has 2 rings (SSSR count). The first-order valence-corrected chi connectivity index (χ1v) is 10.8. The Balaban J connectivity index is 2.44. The van der Waals surface area contributed by atoms with Crippen LogP contribution in [0.1, 0.15) is 6.92 Å². The number of esters is 1. The first kappa shape index (κ1) is 22.7. The first-order chi connectivity index (χ1) is 13.9. The maximum Gasteiger partial charge on any atom is 0.343 e. The lowest BCUT2D eigenvalue weighted by atomic mass is 10.3. The number of carbonyl (C=O) groups excluding carboxylic acids is 1. The van der Waals surface area contributed by atoms with Gasteiger partial charge in [-0.3, -0.25) is 14.7 Å². The summed E-state index contributed by atoms with van der Waals surface area (Å²) in [5.41, 5.74) is 0.119. The third kappa shape index (κ3) is 5.93. The topological polar surface area (TPSA) is 120 Å². The van der Waals surface area contributed by atoms with Crippen LogP contribution in [0.15, 0.2) is 64.8 Å². The number of non-ortho nitro benzene ring substituents is 1. The summed E-state index contributed by atoms with van der Waals surface area (Å²) in [6.45, 7) is 1.58. The molecule has 2 aromatic carbocycles. The highest BCUT2D eigenvalue weighted by molar-refractivity contribution is 7.68. The Morgan fingerprint density at radius 3 is 2.41 bits per heavy atom. The lowest BCUT2D eigenvalue weighted by molar-refractivity contribution is -0.384. The molecule has 0 aliphatic heterocycles. The second-order valence-corrected chi connectivity index (χ2v) is 8.41. The van der Waals surface area contributed by atoms with Gasteiger partial charge < -0.3 is 9.26 Å². The maximum atomic E-state index is 13.7. The molecule has 0 saturated heterocycles. The average molecular weight is 440 g/mol. The van der Waals surface area contributed by atoms with Crippen molar-refractivity contribution in [1.82, 2.24) is 0 Å². The standard InChI is InChI=1S/C18H19ClN3O6P/c1-2-27-18(23)17(21-20-14-8-10-15(11-9-14)22(24)25)29(26,28-13-12-19)16-6-4-3-5-7-16/h3-11,17H,2,12-13H2,1H3/t17-,29-/m0/s1. The molecular weight excluding hydrogens is 421 g/mol. The van der Waals surface area contributed by atoms with Crippen LogP contribution < -0.4 is 5.30 Å². The number of ether oxygens (including phenoxy) is 1. The van der Waals surface area contributed by atoms with Gasteiger partial charge in [0.2, 0.25) is 5.78 Å². The number of nitro benzene ring substituents is 1. The van der Waals surface area contributed by atoms with E-state index in [2.05, 4.69) is 10.2 Å². The molecule has 154 valence electrons. The van der Waals surface area contributed by atoms with Crippen molar-refractivity contribution in [2.75, 3.05) is 19.1 Å². The van der Waals surface area contributed by atoms with Gasteiger partial charge in [0, 0.05) is 23.3 Å². The minimum Gasteiger partial charge on any atom is -0.464 e. The van der Waals surface area contributed by atoms with E-state index >= 15 is 0 Å². The number of alkyl halides is 1. The zero-order valence-corrected chi connectivity index (χ0v) is 17.2. The van der Waals surface area contributed by atoms with Crippen LogP contribution in [0, 0.1) is 10.1 Å². The SMILES string of the molecule is CCOC(=O)[C@@H](N=Nc1ccc([N+](=O)[O-])cc1)[P@@](=O)(OCCCl)c1ccccc1. The quantitative estimate of drug-likeness (QED) is 0.135. The van der Waals surface area contributed by atoms with E-state index in [1.54, 1.807) is 37.3 Å². The van der Waals surface area contributed by atoms with E-state index in [0.717, 1.165) is 0 Å². The number of hydrogen-bond acceptors (Lipinski definition) is 8. The van der Waals surface area contributed by atoms with Crippen LogP contribution in [0.4, 0.5) is 11.4 Å². The van der Waals surface area contributed by atoms with Crippen LogP contribution in [-0.2, 0) is 18.6 Å². The number of nitro groups is 1. The van der Waals surface area contributed by atoms with Crippen molar-refractivity contribution in [2.45, 2.75) is 12.7 Å². The fraction of sp³-hybridized carbons (Fsp3) is 0.278. The number of azo groups is 1. The molecule has 0 aliphatic carbocycles. The van der Waals surface area contributed by atoms with E-state index < -0.39 is 24.0 Å². The summed E-state index contributed by atoms with van der Waals surface area (Å²) < 4.78 is 24.3. The van der Waals surface area contributed by atoms with Gasteiger partial charge in [-0.25, -0.2) is 4.79 Å². The molecule has 2 aromatic rings. The van der Waals surface area contributed by atoms with Crippen LogP contribution in [-0.4, -0.2) is 35.8 Å². The van der Waals surface area contributed by atoms with E-state index in [4.69, 9.17) is 20.9 Å². The third-order valence-corrected chi connectivity index (χ3v) is 6.34. The molecule has 0 radical (unpaired) electrons. The van der Waals surface area contributed by atoms with Gasteiger partial charge in [-0.05, 0) is 31.2 Å². The largest absolute Gasteiger partial charge is 0.464 e. The molecule has 2 atom stereocenters. The number of carbonyl (C=O) groups is 1. The van der Waals surface area contributed by atoms with E-state index in [0.29, 0.717) is 0 Å². The molecule has 9 nitrogen and oxygen atoms in total. The van der Waals surface area contributed by atoms with E-state index in [1.165, 1.54) is 24.3 Å². The highest BCUT2D eigenvalue weighted by Crippen LogP contribution is 2.52. The molecule has 0 N–H and O–H groups in total. The summed E-state index contributed by atoms with van der Waals surface area (Å²) in [5.74, 6) is -2.35. The summed E-state index contributed by atoms with van der Waals surface area (Å²) in [7, 11) is -3.87. The minimum atomic E-state index is -3.87. The van der Waals surface area contributed by atoms with Gasteiger partial charge in [-0.1, -0.05) is 18.2 Å². The van der Waals surface area contributed by atoms with Gasteiger partial charge in [0.15, 0.2) is 0 Å². The van der Waals surface area contributed by atoms with Crippen LogP contribution in [0.5, 0.6) is 0 Å². The monoisotopic (exact) mass is 439 g/mol. The maximum absolute atomic E-state index is 13.7. The Bertz CT molecular complexity index is 908. The van der Waals surface area contributed by atoms with Crippen LogP contribution in [0.25, 0.3) is 0 Å². The lowest BCUT2D eigenvalue weighted by Gasteiger charge is -2.22. The Hall–Kier alpha value is -2.61. The van der Waals surface area contributed by atoms with Crippen molar-refractivity contribution < 1.29 is 23.5 Å². The number of halogens is 1. The zero-order valence-electron chi connectivity index (χ0n) is 15.5. The van der Waals surface area contributed by atoms with Crippen LogP contribution in [0.2, 0.25) is 0 Å². The summed E-state index contributed by atoms with van der Waals surface area (Å²) >= 11 is 5.68. The molecule has 0 fully saturated rings. The van der Waals surface area contributed by atoms with Gasteiger partial charge in [-0.2, -0.15) is 10.2 Å². The number of nitrogens with zero attached hydrogens (tertiary/aromatic N) is 3. The van der Waals surface area contributed by atoms with Crippen molar-refractivity contribution in [3.05, 3.63) is 64.7 Å². The molecule has 0 saturated carbocycles. The van der Waals surface area contributed by atoms with Crippen LogP contribution in [0.3, 0.4) is 0 Å². The van der Waals surface area contributed by atoms with E-state index in [-0.39, 0.29) is 35.8 Å². The van der Waals surface area contributed by atoms with E-state index in [9.17, 15) is 19.5 Å². The molecule has 11 heteroatoms. The third-order valence-electron chi connectivity index (χ3n) is 3.64. The van der Waals surface area contributed by atoms with Gasteiger partial charge in [0.1, 0.15) is 0 Å². The number of hydrogen-bond donors (Lipinski definition) is 0. The van der Waals surface area contributed by atoms with E-state index in [1.807, 2.05) is 0 Å².